The Morgan fingerprint density at radius 1 is 0.436 bits per heavy atom. The van der Waals surface area contributed by atoms with Crippen LogP contribution in [-0.4, -0.2) is 46.1 Å². The lowest BCUT2D eigenvalue weighted by Gasteiger charge is -2.26. The van der Waals surface area contributed by atoms with Crippen LogP contribution in [-0.2, 0) is 4.79 Å². The number of nitrogens with one attached hydrogen (secondary N) is 1. The molecule has 0 fully saturated rings. The van der Waals surface area contributed by atoms with Crippen LogP contribution < -0.4 is 5.32 Å². The highest BCUT2D eigenvalue weighted by atomic mass is 16.3. The van der Waals surface area contributed by atoms with Crippen molar-refractivity contribution in [2.75, 3.05) is 6.61 Å². The Hall–Kier alpha value is -0.910. The van der Waals surface area contributed by atoms with E-state index in [0.29, 0.717) is 12.8 Å². The van der Waals surface area contributed by atoms with Crippen LogP contribution in [0.15, 0.2) is 12.2 Å². The molecule has 55 heavy (non-hydrogen) atoms. The van der Waals surface area contributed by atoms with Crippen molar-refractivity contribution >= 4 is 5.91 Å². The minimum atomic E-state index is -1.13. The Balaban J connectivity index is 3.51. The average Bonchev–Trinajstić information content (AvgIpc) is 3.19. The van der Waals surface area contributed by atoms with Crippen LogP contribution in [0.5, 0.6) is 0 Å². The molecule has 1 amide bonds. The van der Waals surface area contributed by atoms with Crippen LogP contribution in [0.1, 0.15) is 277 Å². The summed E-state index contributed by atoms with van der Waals surface area (Å²) in [5, 5.41) is 33.6. The summed E-state index contributed by atoms with van der Waals surface area (Å²) in [4.78, 5) is 12.5. The highest BCUT2D eigenvalue weighted by Crippen LogP contribution is 2.17. The van der Waals surface area contributed by atoms with Crippen molar-refractivity contribution in [3.05, 3.63) is 12.2 Å². The fraction of sp³-hybridized carbons (Fsp3) is 0.940. The number of carbonyl (C=O) groups excluding carboxylic acids is 1. The van der Waals surface area contributed by atoms with E-state index in [1.165, 1.54) is 212 Å². The molecule has 0 aromatic heterocycles. The number of hydrogen-bond acceptors (Lipinski definition) is 4. The lowest BCUT2D eigenvalue weighted by molar-refractivity contribution is -0.124. The molecule has 0 aliphatic carbocycles. The van der Waals surface area contributed by atoms with Gasteiger partial charge in [0.05, 0.1) is 18.8 Å². The van der Waals surface area contributed by atoms with Gasteiger partial charge in [-0.25, -0.2) is 0 Å². The largest absolute Gasteiger partial charge is 0.394 e. The summed E-state index contributed by atoms with van der Waals surface area (Å²) < 4.78 is 0. The summed E-state index contributed by atoms with van der Waals surface area (Å²) in [6, 6.07) is -0.805. The van der Waals surface area contributed by atoms with E-state index in [0.717, 1.165) is 38.5 Å². The fourth-order valence-corrected chi connectivity index (χ4v) is 7.98. The minimum Gasteiger partial charge on any atom is -0.394 e. The fourth-order valence-electron chi connectivity index (χ4n) is 7.98. The Labute approximate surface area is 344 Å². The molecular weight excluding hydrogens is 679 g/mol. The molecule has 4 N–H and O–H groups in total. The Bertz CT molecular complexity index is 773. The third kappa shape index (κ3) is 41.1. The number of allylic oxidation sites excluding steroid dienone is 2. The number of carbonyl (C=O) groups is 1. The second kappa shape index (κ2) is 45.8. The van der Waals surface area contributed by atoms with Crippen molar-refractivity contribution in [3.8, 4) is 0 Å². The van der Waals surface area contributed by atoms with Gasteiger partial charge in [-0.15, -0.1) is 0 Å². The van der Waals surface area contributed by atoms with Gasteiger partial charge in [0.1, 0.15) is 6.10 Å². The van der Waals surface area contributed by atoms with E-state index >= 15 is 0 Å². The van der Waals surface area contributed by atoms with Gasteiger partial charge in [-0.05, 0) is 38.5 Å². The van der Waals surface area contributed by atoms with Gasteiger partial charge >= 0.3 is 0 Å². The zero-order valence-corrected chi connectivity index (χ0v) is 37.3. The number of rotatable bonds is 46. The first kappa shape index (κ1) is 54.1. The second-order valence-electron chi connectivity index (χ2n) is 17.4. The molecule has 3 unspecified atom stereocenters. The molecule has 0 aliphatic rings. The van der Waals surface area contributed by atoms with Crippen molar-refractivity contribution < 1.29 is 20.1 Å². The first-order chi connectivity index (χ1) is 27.1. The summed E-state index contributed by atoms with van der Waals surface area (Å²) in [7, 11) is 0. The molecule has 5 nitrogen and oxygen atoms in total. The summed E-state index contributed by atoms with van der Waals surface area (Å²) in [5.74, 6) is -0.142. The number of aliphatic hydroxyl groups is 3. The van der Waals surface area contributed by atoms with E-state index in [4.69, 9.17) is 0 Å². The maximum absolute atomic E-state index is 12.5. The van der Waals surface area contributed by atoms with Crippen molar-refractivity contribution in [1.82, 2.24) is 5.32 Å². The van der Waals surface area contributed by atoms with E-state index in [9.17, 15) is 20.1 Å². The highest BCUT2D eigenvalue weighted by Gasteiger charge is 2.26. The third-order valence-corrected chi connectivity index (χ3v) is 11.9. The SMILES string of the molecule is CCCCCCCCCCCCCC/C=C\CCCCCCCCCCCCCCC(=O)NC(CO)C(O)C(O)CCCCCCCCCCCCCCC. The van der Waals surface area contributed by atoms with Gasteiger partial charge in [-0.2, -0.15) is 0 Å². The van der Waals surface area contributed by atoms with E-state index in [-0.39, 0.29) is 12.5 Å². The Morgan fingerprint density at radius 2 is 0.727 bits per heavy atom. The van der Waals surface area contributed by atoms with Crippen molar-refractivity contribution in [2.45, 2.75) is 295 Å². The summed E-state index contributed by atoms with van der Waals surface area (Å²) in [5.41, 5.74) is 0. The molecule has 0 aromatic carbocycles. The first-order valence-electron chi connectivity index (χ1n) is 25.0. The number of unbranched alkanes of at least 4 members (excludes halogenated alkanes) is 36. The normalized spacial score (nSPS) is 13.5. The van der Waals surface area contributed by atoms with Gasteiger partial charge in [0.15, 0.2) is 0 Å². The summed E-state index contributed by atoms with van der Waals surface area (Å²) in [6.45, 7) is 4.20. The monoisotopic (exact) mass is 778 g/mol. The topological polar surface area (TPSA) is 89.8 Å². The maximum Gasteiger partial charge on any atom is 0.220 e. The molecule has 0 radical (unpaired) electrons. The zero-order chi connectivity index (χ0) is 40.1. The van der Waals surface area contributed by atoms with Crippen LogP contribution >= 0.6 is 0 Å². The van der Waals surface area contributed by atoms with Gasteiger partial charge in [-0.3, -0.25) is 4.79 Å². The number of aliphatic hydroxyl groups excluding tert-OH is 3. The molecule has 0 bridgehead atoms. The molecule has 0 spiro atoms. The standard InChI is InChI=1S/C50H99NO4/c1-3-5-7-9-11-13-15-17-18-19-20-21-22-23-24-25-26-27-28-29-30-31-33-35-37-39-41-43-45-49(54)51-47(46-52)50(55)48(53)44-42-40-38-36-34-32-16-14-12-10-8-6-4-2/h23-24,47-48,50,52-53,55H,3-22,25-46H2,1-2H3,(H,51,54)/b24-23-. The molecule has 0 aromatic rings. The number of hydrogen-bond donors (Lipinski definition) is 4. The smallest absolute Gasteiger partial charge is 0.220 e. The molecule has 328 valence electrons. The summed E-state index contributed by atoms with van der Waals surface area (Å²) >= 11 is 0. The van der Waals surface area contributed by atoms with Crippen LogP contribution in [0.2, 0.25) is 0 Å². The molecule has 0 rings (SSSR count). The van der Waals surface area contributed by atoms with Crippen LogP contribution in [0.4, 0.5) is 0 Å². The Kier molecular flexibility index (Phi) is 45.0. The zero-order valence-electron chi connectivity index (χ0n) is 37.3. The third-order valence-electron chi connectivity index (χ3n) is 11.9. The van der Waals surface area contributed by atoms with Gasteiger partial charge < -0.3 is 20.6 Å². The van der Waals surface area contributed by atoms with E-state index in [2.05, 4.69) is 31.3 Å². The molecule has 3 atom stereocenters. The lowest BCUT2D eigenvalue weighted by Crippen LogP contribution is -2.50. The Morgan fingerprint density at radius 3 is 1.05 bits per heavy atom. The van der Waals surface area contributed by atoms with Gasteiger partial charge in [-0.1, -0.05) is 244 Å². The van der Waals surface area contributed by atoms with Gasteiger partial charge in [0.2, 0.25) is 5.91 Å². The predicted octanol–water partition coefficient (Wildman–Crippen LogP) is 14.8. The molecule has 5 heteroatoms. The maximum atomic E-state index is 12.5. The van der Waals surface area contributed by atoms with E-state index in [1.54, 1.807) is 0 Å². The lowest BCUT2D eigenvalue weighted by atomic mass is 9.99. The summed E-state index contributed by atoms with van der Waals surface area (Å²) in [6.07, 6.45) is 54.9. The number of amides is 1. The second-order valence-corrected chi connectivity index (χ2v) is 17.4. The molecule has 0 saturated heterocycles. The van der Waals surface area contributed by atoms with Crippen molar-refractivity contribution in [2.24, 2.45) is 0 Å². The highest BCUT2D eigenvalue weighted by molar-refractivity contribution is 5.76. The molecule has 0 heterocycles. The van der Waals surface area contributed by atoms with E-state index < -0.39 is 18.2 Å². The van der Waals surface area contributed by atoms with Crippen LogP contribution in [0.3, 0.4) is 0 Å². The van der Waals surface area contributed by atoms with Gasteiger partial charge in [0.25, 0.3) is 0 Å². The minimum absolute atomic E-state index is 0.142. The van der Waals surface area contributed by atoms with Crippen LogP contribution in [0.25, 0.3) is 0 Å². The predicted molar refractivity (Wildman–Crippen MR) is 241 cm³/mol. The quantitative estimate of drug-likeness (QED) is 0.0366. The van der Waals surface area contributed by atoms with Crippen molar-refractivity contribution in [3.63, 3.8) is 0 Å². The first-order valence-corrected chi connectivity index (χ1v) is 25.0. The van der Waals surface area contributed by atoms with Crippen LogP contribution in [0, 0.1) is 0 Å². The molecule has 0 aliphatic heterocycles. The molecule has 0 saturated carbocycles. The van der Waals surface area contributed by atoms with Crippen molar-refractivity contribution in [1.29, 1.82) is 0 Å². The van der Waals surface area contributed by atoms with Gasteiger partial charge in [0, 0.05) is 6.42 Å². The molecular formula is C50H99NO4. The van der Waals surface area contributed by atoms with E-state index in [1.807, 2.05) is 0 Å². The average molecular weight is 778 g/mol.